The maximum atomic E-state index is 7.20. The van der Waals surface area contributed by atoms with E-state index in [4.69, 9.17) is 8.83 Å². The quantitative estimate of drug-likeness (QED) is 0.0960. The molecule has 26 rings (SSSR count). The van der Waals surface area contributed by atoms with Crippen LogP contribution in [0.15, 0.2) is 482 Å². The van der Waals surface area contributed by atoms with Crippen LogP contribution < -0.4 is 9.80 Å². The van der Waals surface area contributed by atoms with Gasteiger partial charge in [0.15, 0.2) is 0 Å². The molecule has 130 heavy (non-hydrogen) atoms. The molecule has 6 heteroatoms. The summed E-state index contributed by atoms with van der Waals surface area (Å²) in [7, 11) is 0. The molecule has 0 saturated carbocycles. The zero-order chi connectivity index (χ0) is 85.4. The van der Waals surface area contributed by atoms with E-state index in [-0.39, 0.29) is 0 Å². The van der Waals surface area contributed by atoms with E-state index in [2.05, 4.69) is 486 Å². The van der Waals surface area contributed by atoms with Crippen LogP contribution in [0.1, 0.15) is 0 Å². The van der Waals surface area contributed by atoms with Gasteiger partial charge in [-0.05, 0) is 279 Å². The molecule has 0 aliphatic heterocycles. The first-order valence-corrected chi connectivity index (χ1v) is 44.6. The Hall–Kier alpha value is -17.3. The summed E-state index contributed by atoms with van der Waals surface area (Å²) >= 11 is 0. The molecule has 4 aromatic heterocycles. The number of fused-ring (bicyclic) bond motifs is 18. The highest BCUT2D eigenvalue weighted by molar-refractivity contribution is 6.21. The number of furan rings is 2. The SMILES string of the molecule is c1cc(-c2cc3ccccc3c3ccc(-c4ccc(-c5ccc(N(c6ccc(-c7ccc(-n8c9ccccc9c9ccccc98)cc7)cc6)c6ccc(-c7cc8ccccc8c8ccccc78)cc6)cc5)c5c4oc4ccccc45)cc23)cc(N(c2ccc(-c3ccc(-n4c5ccccc5c5ccccc54)cc3)cc2)c2ccc(-c3cccc4oc5ccccc5c34)cc2)c1. The fourth-order valence-corrected chi connectivity index (χ4v) is 20.8. The maximum absolute atomic E-state index is 7.20. The van der Waals surface area contributed by atoms with Gasteiger partial charge in [-0.2, -0.15) is 0 Å². The number of hydrogen-bond acceptors (Lipinski definition) is 4. The van der Waals surface area contributed by atoms with Gasteiger partial charge in [-0.15, -0.1) is 0 Å². The van der Waals surface area contributed by atoms with Gasteiger partial charge in [-0.25, -0.2) is 0 Å². The lowest BCUT2D eigenvalue weighted by atomic mass is 9.89. The number of aromatic nitrogens is 2. The van der Waals surface area contributed by atoms with Crippen LogP contribution in [0, 0.1) is 0 Å². The molecular weight excluding hydrogens is 1580 g/mol. The van der Waals surface area contributed by atoms with Gasteiger partial charge in [0.2, 0.25) is 0 Å². The summed E-state index contributed by atoms with van der Waals surface area (Å²) in [4.78, 5) is 4.78. The smallest absolute Gasteiger partial charge is 0.143 e. The summed E-state index contributed by atoms with van der Waals surface area (Å²) < 4.78 is 18.4. The van der Waals surface area contributed by atoms with Crippen molar-refractivity contribution in [3.05, 3.63) is 473 Å². The van der Waals surface area contributed by atoms with Gasteiger partial charge in [0.05, 0.1) is 22.1 Å². The summed E-state index contributed by atoms with van der Waals surface area (Å²) in [6.07, 6.45) is 0. The van der Waals surface area contributed by atoms with Gasteiger partial charge in [0, 0.05) is 94.2 Å². The van der Waals surface area contributed by atoms with E-state index < -0.39 is 0 Å². The van der Waals surface area contributed by atoms with E-state index in [0.717, 1.165) is 167 Å². The minimum Gasteiger partial charge on any atom is -0.456 e. The van der Waals surface area contributed by atoms with Crippen LogP contribution in [0.5, 0.6) is 0 Å². The first kappa shape index (κ1) is 74.1. The summed E-state index contributed by atoms with van der Waals surface area (Å²) in [6, 6.07) is 173. The van der Waals surface area contributed by atoms with E-state index in [1.165, 1.54) is 86.9 Å². The molecule has 0 spiro atoms. The predicted octanol–water partition coefficient (Wildman–Crippen LogP) is 34.9. The third kappa shape index (κ3) is 12.3. The molecule has 22 aromatic carbocycles. The molecule has 0 aliphatic rings. The lowest BCUT2D eigenvalue weighted by molar-refractivity contribution is 0.669. The van der Waals surface area contributed by atoms with Crippen molar-refractivity contribution < 1.29 is 8.83 Å². The van der Waals surface area contributed by atoms with E-state index in [9.17, 15) is 0 Å². The fourth-order valence-electron chi connectivity index (χ4n) is 20.8. The van der Waals surface area contributed by atoms with Crippen molar-refractivity contribution in [2.24, 2.45) is 0 Å². The van der Waals surface area contributed by atoms with Gasteiger partial charge >= 0.3 is 0 Å². The fraction of sp³-hybridized carbons (Fsp3) is 0. The third-order valence-electron chi connectivity index (χ3n) is 26.9. The molecule has 0 unspecified atom stereocenters. The molecule has 26 aromatic rings. The van der Waals surface area contributed by atoms with Gasteiger partial charge in [0.25, 0.3) is 0 Å². The van der Waals surface area contributed by atoms with Gasteiger partial charge in [0.1, 0.15) is 22.3 Å². The molecule has 0 aliphatic carbocycles. The average Bonchev–Trinajstić information content (AvgIpc) is 1.67. The van der Waals surface area contributed by atoms with Gasteiger partial charge < -0.3 is 27.8 Å². The molecule has 0 saturated heterocycles. The van der Waals surface area contributed by atoms with Crippen molar-refractivity contribution in [2.75, 3.05) is 9.80 Å². The highest BCUT2D eigenvalue weighted by Gasteiger charge is 2.25. The largest absolute Gasteiger partial charge is 0.456 e. The Morgan fingerprint density at radius 1 is 0.162 bits per heavy atom. The second-order valence-electron chi connectivity index (χ2n) is 34.1. The molecule has 4 heterocycles. The second-order valence-corrected chi connectivity index (χ2v) is 34.1. The number of nitrogens with zero attached hydrogens (tertiary/aromatic N) is 4. The number of para-hydroxylation sites is 6. The zero-order valence-electron chi connectivity index (χ0n) is 70.6. The van der Waals surface area contributed by atoms with Crippen LogP contribution >= 0.6 is 0 Å². The summed E-state index contributed by atoms with van der Waals surface area (Å²) in [5, 5.41) is 19.0. The Bertz CT molecular complexity index is 8900. The third-order valence-corrected chi connectivity index (χ3v) is 26.9. The molecule has 0 fully saturated rings. The average molecular weight is 1660 g/mol. The molecule has 0 atom stereocenters. The monoisotopic (exact) mass is 1650 g/mol. The van der Waals surface area contributed by atoms with Crippen molar-refractivity contribution >= 4 is 165 Å². The Balaban J connectivity index is 0.561. The van der Waals surface area contributed by atoms with E-state index >= 15 is 0 Å². The van der Waals surface area contributed by atoms with E-state index in [1.807, 2.05) is 6.07 Å². The van der Waals surface area contributed by atoms with Crippen LogP contribution in [-0.2, 0) is 0 Å². The number of hydrogen-bond donors (Lipinski definition) is 0. The Labute approximate surface area is 749 Å². The first-order chi connectivity index (χ1) is 64.4. The van der Waals surface area contributed by atoms with Crippen LogP contribution in [-0.4, -0.2) is 9.13 Å². The minimum absolute atomic E-state index is 0.837. The molecule has 6 nitrogen and oxygen atoms in total. The van der Waals surface area contributed by atoms with Crippen molar-refractivity contribution in [3.63, 3.8) is 0 Å². The highest BCUT2D eigenvalue weighted by atomic mass is 16.3. The Morgan fingerprint density at radius 2 is 0.492 bits per heavy atom. The maximum Gasteiger partial charge on any atom is 0.143 e. The molecule has 0 radical (unpaired) electrons. The molecule has 0 amide bonds. The summed E-state index contributed by atoms with van der Waals surface area (Å²) in [6.45, 7) is 0. The van der Waals surface area contributed by atoms with Crippen molar-refractivity contribution in [2.45, 2.75) is 0 Å². The van der Waals surface area contributed by atoms with Crippen LogP contribution in [0.25, 0.3) is 220 Å². The standard InChI is InChI=1S/C124H78N4O2/c1-3-25-98-87(21-1)76-112(104-28-6-5-27-103(98)104)85-55-70-92(71-56-85)125(90-58-43-79(44-59-90)81-47-62-95(63-48-81)127-115-36-13-7-29-106(115)107-30-8-14-37-116(107)127)91-66-53-84(54-67-91)101-73-74-102(124-123(101)111-34-12-18-41-120(111)130-124)89-57-72-105-99-26-4-2-22-88(99)77-113(114(105)78-89)86-23-19-24-97(75-86)126(94-68-51-83(52-69-94)100-35-20-42-121-122(100)110-33-11-17-40-119(110)129-121)93-60-45-80(46-61-93)82-49-64-96(65-50-82)128-117-38-15-9-31-108(117)109-32-10-16-39-118(109)128/h1-78H. The first-order valence-electron chi connectivity index (χ1n) is 44.6. The number of anilines is 6. The Morgan fingerprint density at radius 3 is 0.985 bits per heavy atom. The Kier molecular flexibility index (Phi) is 17.2. The van der Waals surface area contributed by atoms with Crippen LogP contribution in [0.2, 0.25) is 0 Å². The van der Waals surface area contributed by atoms with Gasteiger partial charge in [-0.1, -0.05) is 309 Å². The highest BCUT2D eigenvalue weighted by Crippen LogP contribution is 2.50. The number of rotatable bonds is 15. The molecule has 606 valence electrons. The lowest BCUT2D eigenvalue weighted by Gasteiger charge is -2.27. The second kappa shape index (κ2) is 30.2. The predicted molar refractivity (Wildman–Crippen MR) is 547 cm³/mol. The summed E-state index contributed by atoms with van der Waals surface area (Å²) in [5.41, 5.74) is 32.3. The molecule has 0 N–H and O–H groups in total. The minimum atomic E-state index is 0.837. The topological polar surface area (TPSA) is 42.6 Å². The van der Waals surface area contributed by atoms with Crippen molar-refractivity contribution in [1.29, 1.82) is 0 Å². The van der Waals surface area contributed by atoms with Gasteiger partial charge in [-0.3, -0.25) is 0 Å². The van der Waals surface area contributed by atoms with Crippen molar-refractivity contribution in [3.8, 4) is 89.3 Å². The van der Waals surface area contributed by atoms with Crippen LogP contribution in [0.3, 0.4) is 0 Å². The van der Waals surface area contributed by atoms with E-state index in [0.29, 0.717) is 0 Å². The zero-order valence-corrected chi connectivity index (χ0v) is 70.6. The summed E-state index contributed by atoms with van der Waals surface area (Å²) in [5.74, 6) is 0. The van der Waals surface area contributed by atoms with E-state index in [1.54, 1.807) is 0 Å². The normalized spacial score (nSPS) is 11.8. The molecule has 0 bridgehead atoms. The lowest BCUT2D eigenvalue weighted by Crippen LogP contribution is -2.10. The van der Waals surface area contributed by atoms with Crippen LogP contribution in [0.4, 0.5) is 34.1 Å². The number of benzene rings is 22. The molecular formula is C124H78N4O2. The van der Waals surface area contributed by atoms with Crippen molar-refractivity contribution in [1.82, 2.24) is 9.13 Å².